The van der Waals surface area contributed by atoms with Crippen molar-refractivity contribution in [3.63, 3.8) is 0 Å². The first-order valence-electron chi connectivity index (χ1n) is 8.69. The molecular weight excluding hydrogens is 382 g/mol. The summed E-state index contributed by atoms with van der Waals surface area (Å²) in [5, 5.41) is 5.10. The Hall–Kier alpha value is -1.96. The van der Waals surface area contributed by atoms with Gasteiger partial charge in [0.25, 0.3) is 5.91 Å². The van der Waals surface area contributed by atoms with Gasteiger partial charge < -0.3 is 4.90 Å². The Balaban J connectivity index is 0.00000261. The Morgan fingerprint density at radius 2 is 1.96 bits per heavy atom. The fraction of sp³-hybridized carbons (Fsp3) is 0.421. The van der Waals surface area contributed by atoms with E-state index in [0.717, 1.165) is 33.9 Å². The topological polar surface area (TPSA) is 54.3 Å². The number of anilines is 1. The van der Waals surface area contributed by atoms with Gasteiger partial charge in [-0.25, -0.2) is 4.98 Å². The lowest BCUT2D eigenvalue weighted by molar-refractivity contribution is 0.0980. The molecule has 1 amide bonds. The lowest BCUT2D eigenvalue weighted by atomic mass is 10.2. The van der Waals surface area contributed by atoms with Gasteiger partial charge in [-0.3, -0.25) is 14.4 Å². The van der Waals surface area contributed by atoms with Crippen molar-refractivity contribution in [2.24, 2.45) is 7.05 Å². The SMILES string of the molecule is Cc1ccc2nc(N(CCCN(C)C)C(=O)c3nn(C)cc3C)sc2c1.Cl. The zero-order valence-electron chi connectivity index (χ0n) is 16.4. The molecule has 0 N–H and O–H groups in total. The number of hydrogen-bond acceptors (Lipinski definition) is 5. The van der Waals surface area contributed by atoms with Crippen molar-refractivity contribution >= 4 is 45.0 Å². The highest BCUT2D eigenvalue weighted by molar-refractivity contribution is 7.22. The number of carbonyl (C=O) groups is 1. The van der Waals surface area contributed by atoms with E-state index in [1.807, 2.05) is 46.4 Å². The molecule has 0 aliphatic carbocycles. The number of carbonyl (C=O) groups excluding carboxylic acids is 1. The van der Waals surface area contributed by atoms with E-state index >= 15 is 0 Å². The van der Waals surface area contributed by atoms with Crippen molar-refractivity contribution in [3.8, 4) is 0 Å². The third-order valence-corrected chi connectivity index (χ3v) is 5.25. The molecule has 0 saturated carbocycles. The molecule has 0 fully saturated rings. The Kier molecular flexibility index (Phi) is 6.97. The highest BCUT2D eigenvalue weighted by atomic mass is 35.5. The first kappa shape index (κ1) is 21.3. The molecular formula is C19H26ClN5OS. The number of nitrogens with zero attached hydrogens (tertiary/aromatic N) is 5. The summed E-state index contributed by atoms with van der Waals surface area (Å²) in [6, 6.07) is 6.18. The van der Waals surface area contributed by atoms with Crippen LogP contribution in [0.3, 0.4) is 0 Å². The molecule has 146 valence electrons. The van der Waals surface area contributed by atoms with Crippen molar-refractivity contribution in [2.45, 2.75) is 20.3 Å². The van der Waals surface area contributed by atoms with E-state index in [1.165, 1.54) is 5.56 Å². The summed E-state index contributed by atoms with van der Waals surface area (Å²) < 4.78 is 2.78. The second-order valence-corrected chi connectivity index (χ2v) is 7.92. The molecule has 2 aromatic heterocycles. The average molecular weight is 408 g/mol. The van der Waals surface area contributed by atoms with Gasteiger partial charge in [-0.1, -0.05) is 17.4 Å². The lowest BCUT2D eigenvalue weighted by Crippen LogP contribution is -2.34. The van der Waals surface area contributed by atoms with E-state index in [4.69, 9.17) is 4.98 Å². The number of halogens is 1. The maximum absolute atomic E-state index is 13.2. The smallest absolute Gasteiger partial charge is 0.280 e. The summed E-state index contributed by atoms with van der Waals surface area (Å²) in [4.78, 5) is 21.8. The maximum Gasteiger partial charge on any atom is 0.280 e. The Bertz CT molecular complexity index is 933. The van der Waals surface area contributed by atoms with Crippen LogP contribution in [-0.4, -0.2) is 52.8 Å². The van der Waals surface area contributed by atoms with E-state index in [-0.39, 0.29) is 18.3 Å². The molecule has 0 aliphatic heterocycles. The van der Waals surface area contributed by atoms with E-state index in [1.54, 1.807) is 20.9 Å². The van der Waals surface area contributed by atoms with Crippen LogP contribution >= 0.6 is 23.7 Å². The van der Waals surface area contributed by atoms with Crippen molar-refractivity contribution in [1.82, 2.24) is 19.7 Å². The molecule has 0 aliphatic rings. The van der Waals surface area contributed by atoms with E-state index in [2.05, 4.69) is 23.0 Å². The van der Waals surface area contributed by atoms with Crippen LogP contribution in [0.2, 0.25) is 0 Å². The van der Waals surface area contributed by atoms with Gasteiger partial charge >= 0.3 is 0 Å². The molecule has 8 heteroatoms. The minimum Gasteiger partial charge on any atom is -0.309 e. The molecule has 2 heterocycles. The fourth-order valence-corrected chi connectivity index (χ4v) is 4.00. The Morgan fingerprint density at radius 3 is 2.59 bits per heavy atom. The number of benzene rings is 1. The molecule has 1 aromatic carbocycles. The summed E-state index contributed by atoms with van der Waals surface area (Å²) in [7, 11) is 5.91. The predicted octanol–water partition coefficient (Wildman–Crippen LogP) is 3.67. The highest BCUT2D eigenvalue weighted by Crippen LogP contribution is 2.30. The number of aryl methyl sites for hydroxylation is 3. The van der Waals surface area contributed by atoms with Crippen LogP contribution in [0.1, 0.15) is 28.0 Å². The van der Waals surface area contributed by atoms with Gasteiger partial charge in [0.1, 0.15) is 0 Å². The Labute approximate surface area is 170 Å². The van der Waals surface area contributed by atoms with Gasteiger partial charge in [-0.2, -0.15) is 5.10 Å². The number of aromatic nitrogens is 3. The summed E-state index contributed by atoms with van der Waals surface area (Å²) >= 11 is 1.56. The van der Waals surface area contributed by atoms with Crippen LogP contribution in [0.15, 0.2) is 24.4 Å². The summed E-state index contributed by atoms with van der Waals surface area (Å²) in [5.74, 6) is -0.0855. The molecule has 0 spiro atoms. The van der Waals surface area contributed by atoms with Crippen LogP contribution in [0, 0.1) is 13.8 Å². The van der Waals surface area contributed by atoms with Gasteiger partial charge in [0.15, 0.2) is 10.8 Å². The van der Waals surface area contributed by atoms with Crippen LogP contribution in [0.25, 0.3) is 10.2 Å². The summed E-state index contributed by atoms with van der Waals surface area (Å²) in [6.45, 7) is 5.51. The van der Waals surface area contributed by atoms with Crippen LogP contribution in [0.4, 0.5) is 5.13 Å². The van der Waals surface area contributed by atoms with E-state index in [9.17, 15) is 4.79 Å². The molecule has 0 unspecified atom stereocenters. The van der Waals surface area contributed by atoms with Gasteiger partial charge in [-0.15, -0.1) is 12.4 Å². The van der Waals surface area contributed by atoms with Gasteiger partial charge in [0.2, 0.25) is 0 Å². The zero-order chi connectivity index (χ0) is 18.8. The lowest BCUT2D eigenvalue weighted by Gasteiger charge is -2.20. The number of amides is 1. The van der Waals surface area contributed by atoms with Crippen molar-refractivity contribution in [2.75, 3.05) is 32.1 Å². The molecule has 0 atom stereocenters. The second kappa shape index (κ2) is 8.82. The molecule has 0 bridgehead atoms. The maximum atomic E-state index is 13.2. The van der Waals surface area contributed by atoms with Crippen molar-refractivity contribution < 1.29 is 4.79 Å². The van der Waals surface area contributed by atoms with E-state index in [0.29, 0.717) is 12.2 Å². The van der Waals surface area contributed by atoms with E-state index < -0.39 is 0 Å². The molecule has 27 heavy (non-hydrogen) atoms. The minimum absolute atomic E-state index is 0. The normalized spacial score (nSPS) is 11.0. The number of thiazole rings is 1. The van der Waals surface area contributed by atoms with Crippen molar-refractivity contribution in [3.05, 3.63) is 41.2 Å². The first-order chi connectivity index (χ1) is 12.3. The largest absolute Gasteiger partial charge is 0.309 e. The quantitative estimate of drug-likeness (QED) is 0.625. The molecule has 6 nitrogen and oxygen atoms in total. The second-order valence-electron chi connectivity index (χ2n) is 6.92. The molecule has 3 rings (SSSR count). The first-order valence-corrected chi connectivity index (χ1v) is 9.51. The molecule has 0 radical (unpaired) electrons. The number of rotatable bonds is 6. The van der Waals surface area contributed by atoms with Crippen molar-refractivity contribution in [1.29, 1.82) is 0 Å². The van der Waals surface area contributed by atoms with Crippen LogP contribution in [-0.2, 0) is 7.05 Å². The summed E-state index contributed by atoms with van der Waals surface area (Å²) in [5.41, 5.74) is 3.50. The molecule has 0 saturated heterocycles. The van der Waals surface area contributed by atoms with Crippen LogP contribution in [0.5, 0.6) is 0 Å². The molecule has 3 aromatic rings. The highest BCUT2D eigenvalue weighted by Gasteiger charge is 2.24. The standard InChI is InChI=1S/C19H25N5OS.ClH/c1-13-7-8-15-16(11-13)26-19(20-15)24(10-6-9-22(3)4)18(25)17-14(2)12-23(5)21-17;/h7-8,11-12H,6,9-10H2,1-5H3;1H. The van der Waals surface area contributed by atoms with Gasteiger partial charge in [0, 0.05) is 25.4 Å². The predicted molar refractivity (Wildman–Crippen MR) is 114 cm³/mol. The minimum atomic E-state index is -0.0855. The fourth-order valence-electron chi connectivity index (χ4n) is 2.91. The van der Waals surface area contributed by atoms with Gasteiger partial charge in [-0.05, 0) is 58.6 Å². The third kappa shape index (κ3) is 4.86. The monoisotopic (exact) mass is 407 g/mol. The summed E-state index contributed by atoms with van der Waals surface area (Å²) in [6.07, 6.45) is 2.74. The number of fused-ring (bicyclic) bond motifs is 1. The number of hydrogen-bond donors (Lipinski definition) is 0. The third-order valence-electron chi connectivity index (χ3n) is 4.21. The van der Waals surface area contributed by atoms with Crippen LogP contribution < -0.4 is 4.90 Å². The average Bonchev–Trinajstić information content (AvgIpc) is 3.12. The Morgan fingerprint density at radius 1 is 1.22 bits per heavy atom. The zero-order valence-corrected chi connectivity index (χ0v) is 18.0. The van der Waals surface area contributed by atoms with Gasteiger partial charge in [0.05, 0.1) is 10.2 Å².